The number of benzene rings is 1. The molecule has 29 heavy (non-hydrogen) atoms. The van der Waals surface area contributed by atoms with E-state index in [1.807, 2.05) is 11.5 Å². The summed E-state index contributed by atoms with van der Waals surface area (Å²) >= 11 is 10.5. The van der Waals surface area contributed by atoms with Crippen molar-refractivity contribution in [3.05, 3.63) is 50.1 Å². The summed E-state index contributed by atoms with van der Waals surface area (Å²) in [5.74, 6) is 0.799. The van der Waals surface area contributed by atoms with Crippen LogP contribution >= 0.6 is 39.3 Å². The summed E-state index contributed by atoms with van der Waals surface area (Å²) in [5.41, 5.74) is 0.0249. The molecular weight excluding hydrogens is 486 g/mol. The summed E-state index contributed by atoms with van der Waals surface area (Å²) in [7, 11) is 0. The molecule has 152 valence electrons. The number of anilines is 1. The minimum absolute atomic E-state index is 0.0305. The lowest BCUT2D eigenvalue weighted by Crippen LogP contribution is -2.15. The molecule has 0 atom stereocenters. The predicted molar refractivity (Wildman–Crippen MR) is 113 cm³/mol. The van der Waals surface area contributed by atoms with E-state index in [4.69, 9.17) is 16.0 Å². The fourth-order valence-electron chi connectivity index (χ4n) is 2.48. The number of nitrogens with zero attached hydrogens (tertiary/aromatic N) is 4. The monoisotopic (exact) mass is 499 g/mol. The summed E-state index contributed by atoms with van der Waals surface area (Å²) in [6.07, 6.45) is 0.843. The van der Waals surface area contributed by atoms with Crippen LogP contribution in [-0.2, 0) is 11.3 Å². The molecule has 0 spiro atoms. The van der Waals surface area contributed by atoms with E-state index in [1.54, 1.807) is 12.1 Å². The van der Waals surface area contributed by atoms with E-state index in [0.29, 0.717) is 28.0 Å². The van der Waals surface area contributed by atoms with Crippen molar-refractivity contribution in [3.8, 4) is 11.6 Å². The second kappa shape index (κ2) is 9.42. The van der Waals surface area contributed by atoms with Crippen molar-refractivity contribution in [1.29, 1.82) is 0 Å². The van der Waals surface area contributed by atoms with Gasteiger partial charge in [0.2, 0.25) is 11.7 Å². The van der Waals surface area contributed by atoms with E-state index < -0.39 is 4.92 Å². The molecule has 1 amide bonds. The number of hydrogen-bond acceptors (Lipinski definition) is 7. The van der Waals surface area contributed by atoms with Gasteiger partial charge in [0.1, 0.15) is 0 Å². The van der Waals surface area contributed by atoms with Crippen LogP contribution in [0, 0.1) is 10.1 Å². The highest BCUT2D eigenvalue weighted by molar-refractivity contribution is 9.10. The largest absolute Gasteiger partial charge is 0.446 e. The van der Waals surface area contributed by atoms with Crippen LogP contribution in [0.2, 0.25) is 5.02 Å². The number of thioether (sulfide) groups is 1. The van der Waals surface area contributed by atoms with Gasteiger partial charge in [-0.05, 0) is 40.5 Å². The number of non-ortho nitro benzene ring substituents is 1. The van der Waals surface area contributed by atoms with Gasteiger partial charge in [0.05, 0.1) is 21.4 Å². The molecule has 3 aromatic rings. The Balaban J connectivity index is 1.71. The van der Waals surface area contributed by atoms with Crippen LogP contribution < -0.4 is 5.32 Å². The molecule has 0 unspecified atom stereocenters. The number of carbonyl (C=O) groups excluding carboxylic acids is 1. The van der Waals surface area contributed by atoms with Crippen LogP contribution in [0.4, 0.5) is 11.4 Å². The van der Waals surface area contributed by atoms with E-state index in [2.05, 4.69) is 31.4 Å². The van der Waals surface area contributed by atoms with E-state index in [-0.39, 0.29) is 28.1 Å². The van der Waals surface area contributed by atoms with Crippen molar-refractivity contribution >= 4 is 56.6 Å². The molecule has 0 bridgehead atoms. The van der Waals surface area contributed by atoms with Gasteiger partial charge in [-0.3, -0.25) is 19.5 Å². The SMILES string of the molecule is CCCn1c(SCC(=O)Nc2cc([N+](=O)[O-])ccc2Cl)nnc1-c1ccc(Br)o1. The first-order valence-electron chi connectivity index (χ1n) is 8.44. The first-order chi connectivity index (χ1) is 13.9. The summed E-state index contributed by atoms with van der Waals surface area (Å²) < 4.78 is 8.02. The van der Waals surface area contributed by atoms with Gasteiger partial charge in [-0.2, -0.15) is 0 Å². The van der Waals surface area contributed by atoms with Crippen LogP contribution in [0.3, 0.4) is 0 Å². The Bertz CT molecular complexity index is 1050. The molecule has 2 aromatic heterocycles. The Morgan fingerprint density at radius 1 is 1.38 bits per heavy atom. The second-order valence-corrected chi connectivity index (χ2v) is 7.95. The van der Waals surface area contributed by atoms with Crippen molar-refractivity contribution < 1.29 is 14.1 Å². The Morgan fingerprint density at radius 3 is 2.83 bits per heavy atom. The number of halogens is 2. The number of nitro groups is 1. The van der Waals surface area contributed by atoms with Gasteiger partial charge in [-0.25, -0.2) is 0 Å². The molecule has 3 rings (SSSR count). The summed E-state index contributed by atoms with van der Waals surface area (Å²) in [5, 5.41) is 22.6. The lowest BCUT2D eigenvalue weighted by molar-refractivity contribution is -0.384. The smallest absolute Gasteiger partial charge is 0.271 e. The number of aromatic nitrogens is 3. The van der Waals surface area contributed by atoms with Gasteiger partial charge in [0.25, 0.3) is 5.69 Å². The van der Waals surface area contributed by atoms with Crippen molar-refractivity contribution in [2.75, 3.05) is 11.1 Å². The normalized spacial score (nSPS) is 10.9. The molecular formula is C17H15BrClN5O4S. The lowest BCUT2D eigenvalue weighted by atomic mass is 10.3. The van der Waals surface area contributed by atoms with Crippen LogP contribution in [0.25, 0.3) is 11.6 Å². The minimum atomic E-state index is -0.553. The number of furan rings is 1. The van der Waals surface area contributed by atoms with Crippen molar-refractivity contribution in [2.24, 2.45) is 0 Å². The van der Waals surface area contributed by atoms with Crippen LogP contribution in [-0.4, -0.2) is 31.3 Å². The van der Waals surface area contributed by atoms with Gasteiger partial charge in [-0.15, -0.1) is 10.2 Å². The minimum Gasteiger partial charge on any atom is -0.446 e. The van der Waals surface area contributed by atoms with Crippen molar-refractivity contribution in [1.82, 2.24) is 14.8 Å². The van der Waals surface area contributed by atoms with E-state index >= 15 is 0 Å². The molecule has 1 N–H and O–H groups in total. The molecule has 9 nitrogen and oxygen atoms in total. The molecule has 0 fully saturated rings. The molecule has 12 heteroatoms. The standard InChI is InChI=1S/C17H15BrClN5O4S/c1-2-7-23-16(13-5-6-14(18)28-13)21-22-17(23)29-9-15(25)20-12-8-10(24(26)27)3-4-11(12)19/h3-6,8H,2,7,9H2,1H3,(H,20,25). The zero-order valence-corrected chi connectivity index (χ0v) is 18.3. The lowest BCUT2D eigenvalue weighted by Gasteiger charge is -2.09. The molecule has 1 aromatic carbocycles. The van der Waals surface area contributed by atoms with Gasteiger partial charge >= 0.3 is 0 Å². The number of hydrogen-bond donors (Lipinski definition) is 1. The highest BCUT2D eigenvalue weighted by Crippen LogP contribution is 2.29. The zero-order chi connectivity index (χ0) is 21.0. The van der Waals surface area contributed by atoms with E-state index in [9.17, 15) is 14.9 Å². The van der Waals surface area contributed by atoms with Crippen LogP contribution in [0.15, 0.2) is 44.6 Å². The molecule has 0 aliphatic rings. The van der Waals surface area contributed by atoms with Gasteiger partial charge in [0, 0.05) is 18.7 Å². The second-order valence-electron chi connectivity index (χ2n) is 5.82. The molecule has 0 radical (unpaired) electrons. The molecule has 0 aliphatic heterocycles. The quantitative estimate of drug-likeness (QED) is 0.263. The molecule has 0 aliphatic carbocycles. The zero-order valence-electron chi connectivity index (χ0n) is 15.1. The topological polar surface area (TPSA) is 116 Å². The fourth-order valence-corrected chi connectivity index (χ4v) is 3.71. The first kappa shape index (κ1) is 21.3. The molecule has 2 heterocycles. The summed E-state index contributed by atoms with van der Waals surface area (Å²) in [6, 6.07) is 7.41. The van der Waals surface area contributed by atoms with E-state index in [0.717, 1.165) is 6.42 Å². The predicted octanol–water partition coefficient (Wildman–Crippen LogP) is 5.00. The third-order valence-corrected chi connectivity index (χ3v) is 5.45. The third kappa shape index (κ3) is 5.17. The van der Waals surface area contributed by atoms with Crippen LogP contribution in [0.5, 0.6) is 0 Å². The Kier molecular flexibility index (Phi) is 6.93. The fraction of sp³-hybridized carbons (Fsp3) is 0.235. The number of carbonyl (C=O) groups is 1. The average molecular weight is 501 g/mol. The average Bonchev–Trinajstić information content (AvgIpc) is 3.28. The van der Waals surface area contributed by atoms with Gasteiger partial charge in [-0.1, -0.05) is 30.3 Å². The maximum absolute atomic E-state index is 12.3. The van der Waals surface area contributed by atoms with Gasteiger partial charge in [0.15, 0.2) is 15.6 Å². The van der Waals surface area contributed by atoms with Crippen molar-refractivity contribution in [3.63, 3.8) is 0 Å². The highest BCUT2D eigenvalue weighted by atomic mass is 79.9. The summed E-state index contributed by atoms with van der Waals surface area (Å²) in [4.78, 5) is 22.7. The Hall–Kier alpha value is -2.37. The molecule has 0 saturated heterocycles. The first-order valence-corrected chi connectivity index (χ1v) is 10.6. The maximum atomic E-state index is 12.3. The maximum Gasteiger partial charge on any atom is 0.271 e. The number of nitrogens with one attached hydrogen (secondary N) is 1. The Labute approximate surface area is 183 Å². The van der Waals surface area contributed by atoms with Crippen LogP contribution in [0.1, 0.15) is 13.3 Å². The third-order valence-electron chi connectivity index (χ3n) is 3.72. The van der Waals surface area contributed by atoms with Crippen molar-refractivity contribution in [2.45, 2.75) is 25.0 Å². The number of nitro benzene ring substituents is 1. The van der Waals surface area contributed by atoms with Gasteiger partial charge < -0.3 is 9.73 Å². The summed E-state index contributed by atoms with van der Waals surface area (Å²) in [6.45, 7) is 2.68. The molecule has 0 saturated carbocycles. The Morgan fingerprint density at radius 2 is 2.17 bits per heavy atom. The number of rotatable bonds is 8. The highest BCUT2D eigenvalue weighted by Gasteiger charge is 2.18. The number of amides is 1. The van der Waals surface area contributed by atoms with E-state index in [1.165, 1.54) is 30.0 Å².